The molecule has 0 heterocycles. The summed E-state index contributed by atoms with van der Waals surface area (Å²) < 4.78 is 9.73. The number of hydrogen-bond acceptors (Lipinski definition) is 5. The summed E-state index contributed by atoms with van der Waals surface area (Å²) in [7, 11) is 2.56. The lowest BCUT2D eigenvalue weighted by molar-refractivity contribution is -0.181. The Hall–Kier alpha value is -2.40. The lowest BCUT2D eigenvalue weighted by Crippen LogP contribution is -2.53. The van der Waals surface area contributed by atoms with Gasteiger partial charge in [0.15, 0.2) is 0 Å². The molecule has 25 heavy (non-hydrogen) atoms. The van der Waals surface area contributed by atoms with Crippen molar-refractivity contribution in [2.24, 2.45) is 5.41 Å². The summed E-state index contributed by atoms with van der Waals surface area (Å²) in [4.78, 5) is 24.5. The summed E-state index contributed by atoms with van der Waals surface area (Å²) >= 11 is 0. The Morgan fingerprint density at radius 2 is 1.84 bits per heavy atom. The fourth-order valence-corrected chi connectivity index (χ4v) is 3.94. The van der Waals surface area contributed by atoms with Crippen LogP contribution in [-0.2, 0) is 31.1 Å². The number of carbonyl (C=O) groups is 2. The van der Waals surface area contributed by atoms with Gasteiger partial charge in [0.2, 0.25) is 0 Å². The van der Waals surface area contributed by atoms with Gasteiger partial charge >= 0.3 is 11.9 Å². The van der Waals surface area contributed by atoms with Crippen molar-refractivity contribution in [2.75, 3.05) is 14.2 Å². The highest BCUT2D eigenvalue weighted by Gasteiger charge is 2.58. The Bertz CT molecular complexity index is 843. The molecule has 1 N–H and O–H groups in total. The standard InChI is InChI=1S/C20H22O5/c1-19(18(22)25-3)11-10-15-14-7-5-4-6-13(14)8-9-16(15)20(19,23)12-17(21)24-2/h4-9,23H,10-12H2,1-3H3. The summed E-state index contributed by atoms with van der Waals surface area (Å²) in [6.07, 6.45) is 0.695. The van der Waals surface area contributed by atoms with Gasteiger partial charge in [-0.25, -0.2) is 0 Å². The highest BCUT2D eigenvalue weighted by molar-refractivity contribution is 5.89. The maximum absolute atomic E-state index is 12.5. The predicted octanol–water partition coefficient (Wildman–Crippen LogP) is 2.72. The van der Waals surface area contributed by atoms with Gasteiger partial charge in [0.05, 0.1) is 26.1 Å². The van der Waals surface area contributed by atoms with Crippen molar-refractivity contribution in [3.05, 3.63) is 47.5 Å². The van der Waals surface area contributed by atoms with Crippen LogP contribution in [0.15, 0.2) is 36.4 Å². The van der Waals surface area contributed by atoms with Crippen LogP contribution in [0.4, 0.5) is 0 Å². The van der Waals surface area contributed by atoms with Crippen molar-refractivity contribution in [2.45, 2.75) is 31.8 Å². The van der Waals surface area contributed by atoms with Gasteiger partial charge in [0, 0.05) is 0 Å². The van der Waals surface area contributed by atoms with Crippen molar-refractivity contribution in [1.82, 2.24) is 0 Å². The first kappa shape index (κ1) is 17.4. The number of aryl methyl sites for hydroxylation is 1. The summed E-state index contributed by atoms with van der Waals surface area (Å²) in [5, 5.41) is 13.7. The molecule has 0 amide bonds. The van der Waals surface area contributed by atoms with Crippen molar-refractivity contribution >= 4 is 22.7 Å². The monoisotopic (exact) mass is 342 g/mol. The normalized spacial score (nSPS) is 25.3. The van der Waals surface area contributed by atoms with Crippen LogP contribution in [0.2, 0.25) is 0 Å². The van der Waals surface area contributed by atoms with Gasteiger partial charge in [-0.1, -0.05) is 36.4 Å². The molecule has 2 aromatic carbocycles. The van der Waals surface area contributed by atoms with Crippen LogP contribution < -0.4 is 0 Å². The molecule has 0 aromatic heterocycles. The molecule has 5 nitrogen and oxygen atoms in total. The first-order valence-electron chi connectivity index (χ1n) is 8.26. The van der Waals surface area contributed by atoms with E-state index in [1.54, 1.807) is 13.0 Å². The minimum Gasteiger partial charge on any atom is -0.469 e. The van der Waals surface area contributed by atoms with E-state index >= 15 is 0 Å². The third kappa shape index (κ3) is 2.50. The molecule has 0 fully saturated rings. The Morgan fingerprint density at radius 3 is 2.52 bits per heavy atom. The van der Waals surface area contributed by atoms with E-state index < -0.39 is 23.0 Å². The molecule has 2 unspecified atom stereocenters. The fraction of sp³-hybridized carbons (Fsp3) is 0.400. The minimum atomic E-state index is -1.69. The summed E-state index contributed by atoms with van der Waals surface area (Å²) in [6.45, 7) is 1.65. The maximum atomic E-state index is 12.5. The number of carbonyl (C=O) groups excluding carboxylic acids is 2. The topological polar surface area (TPSA) is 72.8 Å². The van der Waals surface area contributed by atoms with E-state index in [1.165, 1.54) is 14.2 Å². The van der Waals surface area contributed by atoms with E-state index in [9.17, 15) is 14.7 Å². The molecule has 2 atom stereocenters. The molecule has 0 radical (unpaired) electrons. The Morgan fingerprint density at radius 1 is 1.12 bits per heavy atom. The van der Waals surface area contributed by atoms with Crippen LogP contribution in [0.1, 0.15) is 30.9 Å². The average Bonchev–Trinajstić information content (AvgIpc) is 2.63. The number of benzene rings is 2. The molecule has 0 saturated carbocycles. The SMILES string of the molecule is COC(=O)CC1(O)c2ccc3ccccc3c2CCC1(C)C(=O)OC. The minimum absolute atomic E-state index is 0.305. The molecule has 1 aliphatic rings. The van der Waals surface area contributed by atoms with Crippen LogP contribution in [-0.4, -0.2) is 31.3 Å². The molecule has 132 valence electrons. The second kappa shape index (κ2) is 6.15. The molecular formula is C20H22O5. The Balaban J connectivity index is 2.26. The molecule has 5 heteroatoms. The van der Waals surface area contributed by atoms with Gasteiger partial charge in [-0.05, 0) is 41.7 Å². The zero-order chi connectivity index (χ0) is 18.2. The Labute approximate surface area is 146 Å². The van der Waals surface area contributed by atoms with Crippen LogP contribution in [0.5, 0.6) is 0 Å². The third-order valence-electron chi connectivity index (χ3n) is 5.54. The molecule has 0 spiro atoms. The lowest BCUT2D eigenvalue weighted by atomic mass is 9.60. The molecule has 0 aliphatic heterocycles. The summed E-state index contributed by atoms with van der Waals surface area (Å²) in [6, 6.07) is 11.6. The summed E-state index contributed by atoms with van der Waals surface area (Å²) in [5.74, 6) is -1.10. The van der Waals surface area contributed by atoms with Gasteiger partial charge in [0.1, 0.15) is 5.60 Å². The van der Waals surface area contributed by atoms with Gasteiger partial charge < -0.3 is 14.6 Å². The summed E-state index contributed by atoms with van der Waals surface area (Å²) in [5.41, 5.74) is -1.36. The number of ether oxygens (including phenoxy) is 2. The van der Waals surface area contributed by atoms with Gasteiger partial charge in [-0.3, -0.25) is 9.59 Å². The quantitative estimate of drug-likeness (QED) is 0.868. The number of aliphatic hydroxyl groups is 1. The second-order valence-corrected chi connectivity index (χ2v) is 6.75. The number of rotatable bonds is 3. The molecular weight excluding hydrogens is 320 g/mol. The van der Waals surface area contributed by atoms with Crippen LogP contribution in [0, 0.1) is 5.41 Å². The largest absolute Gasteiger partial charge is 0.469 e. The van der Waals surface area contributed by atoms with Crippen LogP contribution in [0.25, 0.3) is 10.8 Å². The van der Waals surface area contributed by atoms with Crippen molar-refractivity contribution in [1.29, 1.82) is 0 Å². The van der Waals surface area contributed by atoms with Gasteiger partial charge in [-0.2, -0.15) is 0 Å². The highest BCUT2D eigenvalue weighted by Crippen LogP contribution is 2.52. The lowest BCUT2D eigenvalue weighted by Gasteiger charge is -2.47. The average molecular weight is 342 g/mol. The van der Waals surface area contributed by atoms with E-state index in [-0.39, 0.29) is 6.42 Å². The van der Waals surface area contributed by atoms with E-state index in [2.05, 4.69) is 0 Å². The molecule has 1 aliphatic carbocycles. The van der Waals surface area contributed by atoms with E-state index in [0.717, 1.165) is 16.3 Å². The third-order valence-corrected chi connectivity index (χ3v) is 5.54. The predicted molar refractivity (Wildman–Crippen MR) is 92.9 cm³/mol. The highest BCUT2D eigenvalue weighted by atomic mass is 16.5. The Kier molecular flexibility index (Phi) is 4.29. The van der Waals surface area contributed by atoms with Gasteiger partial charge in [-0.15, -0.1) is 0 Å². The van der Waals surface area contributed by atoms with Crippen LogP contribution in [0.3, 0.4) is 0 Å². The number of methoxy groups -OCH3 is 2. The molecule has 3 rings (SSSR count). The van der Waals surface area contributed by atoms with Crippen molar-refractivity contribution < 1.29 is 24.2 Å². The van der Waals surface area contributed by atoms with Crippen LogP contribution >= 0.6 is 0 Å². The second-order valence-electron chi connectivity index (χ2n) is 6.75. The fourth-order valence-electron chi connectivity index (χ4n) is 3.94. The van der Waals surface area contributed by atoms with Crippen molar-refractivity contribution in [3.63, 3.8) is 0 Å². The number of fused-ring (bicyclic) bond motifs is 3. The van der Waals surface area contributed by atoms with E-state index in [1.807, 2.05) is 30.3 Å². The van der Waals surface area contributed by atoms with Crippen molar-refractivity contribution in [3.8, 4) is 0 Å². The number of esters is 2. The van der Waals surface area contributed by atoms with E-state index in [0.29, 0.717) is 18.4 Å². The molecule has 0 bridgehead atoms. The number of hydrogen-bond donors (Lipinski definition) is 1. The van der Waals surface area contributed by atoms with Gasteiger partial charge in [0.25, 0.3) is 0 Å². The zero-order valence-electron chi connectivity index (χ0n) is 14.7. The zero-order valence-corrected chi connectivity index (χ0v) is 14.7. The molecule has 2 aromatic rings. The molecule has 0 saturated heterocycles. The maximum Gasteiger partial charge on any atom is 0.314 e. The smallest absolute Gasteiger partial charge is 0.314 e. The van der Waals surface area contributed by atoms with E-state index in [4.69, 9.17) is 9.47 Å². The first-order chi connectivity index (χ1) is 11.9. The first-order valence-corrected chi connectivity index (χ1v) is 8.26.